The molecule has 0 spiro atoms. The van der Waals surface area contributed by atoms with E-state index in [1.54, 1.807) is 24.5 Å². The molecule has 0 unspecified atom stereocenters. The van der Waals surface area contributed by atoms with E-state index in [0.29, 0.717) is 50.5 Å². The molecule has 7 nitrogen and oxygen atoms in total. The Morgan fingerprint density at radius 3 is 2.24 bits per heavy atom. The number of para-hydroxylation sites is 1. The van der Waals surface area contributed by atoms with Crippen LogP contribution in [0.15, 0.2) is 79.1 Å². The van der Waals surface area contributed by atoms with E-state index in [0.717, 1.165) is 11.4 Å². The highest BCUT2D eigenvalue weighted by atomic mass is 16.5. The summed E-state index contributed by atoms with van der Waals surface area (Å²) in [6, 6.07) is 20.3. The molecule has 1 aromatic heterocycles. The lowest BCUT2D eigenvalue weighted by molar-refractivity contribution is -0.135. The van der Waals surface area contributed by atoms with Crippen LogP contribution < -0.4 is 14.8 Å². The van der Waals surface area contributed by atoms with Gasteiger partial charge in [-0.05, 0) is 61.4 Å². The Labute approximate surface area is 193 Å². The predicted molar refractivity (Wildman–Crippen MR) is 125 cm³/mol. The summed E-state index contributed by atoms with van der Waals surface area (Å²) in [4.78, 5) is 30.9. The maximum atomic E-state index is 12.7. The van der Waals surface area contributed by atoms with E-state index in [1.807, 2.05) is 59.5 Å². The normalized spacial score (nSPS) is 13.9. The lowest BCUT2D eigenvalue weighted by Gasteiger charge is -2.31. The van der Waals surface area contributed by atoms with E-state index in [1.165, 1.54) is 0 Å². The summed E-state index contributed by atoms with van der Waals surface area (Å²) in [5.74, 6) is 2.09. The second-order valence-electron chi connectivity index (χ2n) is 7.87. The summed E-state index contributed by atoms with van der Waals surface area (Å²) in [5.41, 5.74) is 0.721. The number of hydrogen-bond acceptors (Lipinski definition) is 5. The van der Waals surface area contributed by atoms with Crippen LogP contribution in [0.25, 0.3) is 0 Å². The average Bonchev–Trinajstić information content (AvgIpc) is 2.86. The van der Waals surface area contributed by atoms with Crippen LogP contribution in [0, 0.1) is 5.92 Å². The second kappa shape index (κ2) is 11.1. The molecule has 2 aromatic carbocycles. The number of likely N-dealkylation sites (tertiary alicyclic amines) is 1. The largest absolute Gasteiger partial charge is 0.493 e. The Morgan fingerprint density at radius 1 is 0.879 bits per heavy atom. The maximum Gasteiger partial charge on any atom is 0.227 e. The number of carbonyl (C=O) groups excluding carboxylic acids is 2. The van der Waals surface area contributed by atoms with Gasteiger partial charge in [0, 0.05) is 37.1 Å². The molecule has 2 amide bonds. The molecule has 2 heterocycles. The van der Waals surface area contributed by atoms with Crippen molar-refractivity contribution in [1.82, 2.24) is 9.88 Å². The number of anilines is 1. The molecule has 0 saturated carbocycles. The van der Waals surface area contributed by atoms with Crippen molar-refractivity contribution in [1.29, 1.82) is 0 Å². The molecule has 170 valence electrons. The van der Waals surface area contributed by atoms with Gasteiger partial charge in [-0.15, -0.1) is 0 Å². The van der Waals surface area contributed by atoms with Crippen molar-refractivity contribution in [2.45, 2.75) is 19.3 Å². The molecule has 1 N–H and O–H groups in total. The summed E-state index contributed by atoms with van der Waals surface area (Å²) in [6.07, 6.45) is 4.98. The van der Waals surface area contributed by atoms with Gasteiger partial charge in [0.15, 0.2) is 0 Å². The number of aromatic nitrogens is 1. The highest BCUT2D eigenvalue weighted by Crippen LogP contribution is 2.24. The van der Waals surface area contributed by atoms with E-state index in [4.69, 9.17) is 9.47 Å². The first-order valence-electron chi connectivity index (χ1n) is 11.1. The Bertz CT molecular complexity index is 1030. The first kappa shape index (κ1) is 22.3. The van der Waals surface area contributed by atoms with Crippen LogP contribution in [0.4, 0.5) is 5.69 Å². The standard InChI is InChI=1S/C26H27N3O4/c30-25(14-19-32-22-4-2-1-3-5-22)29-17-12-20(13-18-29)26(31)28-21-6-8-23(9-7-21)33-24-10-15-27-16-11-24/h1-11,15-16,20H,12-14,17-19H2,(H,28,31). The molecule has 1 fully saturated rings. The van der Waals surface area contributed by atoms with Crippen LogP contribution in [0.1, 0.15) is 19.3 Å². The molecule has 0 atom stereocenters. The number of rotatable bonds is 8. The van der Waals surface area contributed by atoms with Crippen molar-refractivity contribution >= 4 is 17.5 Å². The maximum absolute atomic E-state index is 12.7. The fourth-order valence-corrected chi connectivity index (χ4v) is 3.72. The minimum absolute atomic E-state index is 0.0164. The van der Waals surface area contributed by atoms with Crippen molar-refractivity contribution in [3.8, 4) is 17.2 Å². The van der Waals surface area contributed by atoms with E-state index in [9.17, 15) is 9.59 Å². The van der Waals surface area contributed by atoms with Crippen molar-refractivity contribution < 1.29 is 19.1 Å². The highest BCUT2D eigenvalue weighted by Gasteiger charge is 2.27. The van der Waals surface area contributed by atoms with Gasteiger partial charge in [0.05, 0.1) is 13.0 Å². The lowest BCUT2D eigenvalue weighted by Crippen LogP contribution is -2.41. The number of piperidine rings is 1. The van der Waals surface area contributed by atoms with Gasteiger partial charge >= 0.3 is 0 Å². The Morgan fingerprint density at radius 2 is 1.55 bits per heavy atom. The van der Waals surface area contributed by atoms with Crippen LogP contribution in [-0.4, -0.2) is 41.4 Å². The Kier molecular flexibility index (Phi) is 7.53. The van der Waals surface area contributed by atoms with Gasteiger partial charge in [-0.2, -0.15) is 0 Å². The Hall–Kier alpha value is -3.87. The summed E-state index contributed by atoms with van der Waals surface area (Å²) in [6.45, 7) is 1.52. The third-order valence-electron chi connectivity index (χ3n) is 5.55. The number of nitrogens with zero attached hydrogens (tertiary/aromatic N) is 2. The van der Waals surface area contributed by atoms with Crippen LogP contribution in [0.5, 0.6) is 17.2 Å². The number of ether oxygens (including phenoxy) is 2. The van der Waals surface area contributed by atoms with Gasteiger partial charge in [-0.3, -0.25) is 14.6 Å². The fourth-order valence-electron chi connectivity index (χ4n) is 3.72. The molecule has 0 bridgehead atoms. The molecule has 0 aliphatic carbocycles. The first-order valence-corrected chi connectivity index (χ1v) is 11.1. The number of hydrogen-bond donors (Lipinski definition) is 1. The summed E-state index contributed by atoms with van der Waals surface area (Å²) in [7, 11) is 0. The lowest BCUT2D eigenvalue weighted by atomic mass is 9.95. The van der Waals surface area contributed by atoms with Gasteiger partial charge < -0.3 is 19.7 Å². The average molecular weight is 446 g/mol. The zero-order chi connectivity index (χ0) is 22.9. The topological polar surface area (TPSA) is 80.8 Å². The molecular weight excluding hydrogens is 418 g/mol. The molecule has 3 aromatic rings. The first-order chi connectivity index (χ1) is 16.2. The third-order valence-corrected chi connectivity index (χ3v) is 5.55. The van der Waals surface area contributed by atoms with E-state index in [2.05, 4.69) is 10.3 Å². The highest BCUT2D eigenvalue weighted by molar-refractivity contribution is 5.92. The zero-order valence-electron chi connectivity index (χ0n) is 18.4. The Balaban J connectivity index is 1.18. The minimum atomic E-state index is -0.109. The molecule has 33 heavy (non-hydrogen) atoms. The van der Waals surface area contributed by atoms with Crippen LogP contribution in [0.3, 0.4) is 0 Å². The van der Waals surface area contributed by atoms with Gasteiger partial charge in [0.25, 0.3) is 0 Å². The summed E-state index contributed by atoms with van der Waals surface area (Å²) in [5, 5.41) is 2.97. The molecule has 0 radical (unpaired) electrons. The minimum Gasteiger partial charge on any atom is -0.493 e. The predicted octanol–water partition coefficient (Wildman–Crippen LogP) is 4.52. The number of pyridine rings is 1. The molecule has 1 aliphatic heterocycles. The number of benzene rings is 2. The smallest absolute Gasteiger partial charge is 0.227 e. The summed E-state index contributed by atoms with van der Waals surface area (Å²) >= 11 is 0. The molecule has 1 aliphatic rings. The second-order valence-corrected chi connectivity index (χ2v) is 7.87. The van der Waals surface area contributed by atoms with Gasteiger partial charge in [0.2, 0.25) is 11.8 Å². The third kappa shape index (κ3) is 6.55. The van der Waals surface area contributed by atoms with Crippen molar-refractivity contribution in [3.05, 3.63) is 79.1 Å². The number of amides is 2. The van der Waals surface area contributed by atoms with Crippen LogP contribution >= 0.6 is 0 Å². The molecule has 4 rings (SSSR count). The number of carbonyl (C=O) groups is 2. The molecular formula is C26H27N3O4. The zero-order valence-corrected chi connectivity index (χ0v) is 18.4. The van der Waals surface area contributed by atoms with E-state index >= 15 is 0 Å². The van der Waals surface area contributed by atoms with Gasteiger partial charge in [-0.1, -0.05) is 18.2 Å². The quantitative estimate of drug-likeness (QED) is 0.551. The van der Waals surface area contributed by atoms with Crippen molar-refractivity contribution in [2.75, 3.05) is 25.0 Å². The molecule has 7 heteroatoms. The van der Waals surface area contributed by atoms with Crippen molar-refractivity contribution in [2.24, 2.45) is 5.92 Å². The van der Waals surface area contributed by atoms with Gasteiger partial charge in [0.1, 0.15) is 17.2 Å². The van der Waals surface area contributed by atoms with Crippen molar-refractivity contribution in [3.63, 3.8) is 0 Å². The summed E-state index contributed by atoms with van der Waals surface area (Å²) < 4.78 is 11.4. The SMILES string of the molecule is O=C(Nc1ccc(Oc2ccncc2)cc1)C1CCN(C(=O)CCOc2ccccc2)CC1. The molecule has 1 saturated heterocycles. The van der Waals surface area contributed by atoms with Crippen LogP contribution in [0.2, 0.25) is 0 Å². The monoisotopic (exact) mass is 445 g/mol. The fraction of sp³-hybridized carbons (Fsp3) is 0.269. The van der Waals surface area contributed by atoms with Crippen LogP contribution in [-0.2, 0) is 9.59 Å². The van der Waals surface area contributed by atoms with Gasteiger partial charge in [-0.25, -0.2) is 0 Å². The number of nitrogens with one attached hydrogen (secondary N) is 1. The van der Waals surface area contributed by atoms with E-state index in [-0.39, 0.29) is 17.7 Å². The van der Waals surface area contributed by atoms with E-state index < -0.39 is 0 Å².